The lowest BCUT2D eigenvalue weighted by Gasteiger charge is -2.09. The topological polar surface area (TPSA) is 55.1 Å². The Morgan fingerprint density at radius 3 is 2.53 bits per heavy atom. The molecule has 0 aliphatic heterocycles. The summed E-state index contributed by atoms with van der Waals surface area (Å²) in [6.07, 6.45) is 0.944. The van der Waals surface area contributed by atoms with Crippen LogP contribution in [0, 0.1) is 0 Å². The fraction of sp³-hybridized carbons (Fsp3) is 0.417. The van der Waals surface area contributed by atoms with Crippen LogP contribution in [0.15, 0.2) is 18.2 Å². The van der Waals surface area contributed by atoms with Crippen molar-refractivity contribution in [3.8, 4) is 0 Å². The van der Waals surface area contributed by atoms with Crippen LogP contribution in [0.2, 0.25) is 10.0 Å². The van der Waals surface area contributed by atoms with E-state index >= 15 is 0 Å². The van der Waals surface area contributed by atoms with Gasteiger partial charge in [0, 0.05) is 22.6 Å². The Morgan fingerprint density at radius 1 is 1.41 bits per heavy atom. The fourth-order valence-electron chi connectivity index (χ4n) is 1.36. The number of rotatable bonds is 5. The van der Waals surface area contributed by atoms with Crippen molar-refractivity contribution in [2.75, 3.05) is 6.54 Å². The van der Waals surface area contributed by atoms with Gasteiger partial charge in [-0.15, -0.1) is 0 Å². The Balaban J connectivity index is 2.51. The van der Waals surface area contributed by atoms with Gasteiger partial charge in [0.15, 0.2) is 0 Å². The maximum Gasteiger partial charge on any atom is 0.224 e. The summed E-state index contributed by atoms with van der Waals surface area (Å²) >= 11 is 11.9. The number of carbonyl (C=O) groups excluding carboxylic acids is 1. The maximum absolute atomic E-state index is 11.6. The number of benzene rings is 1. The number of halogens is 2. The van der Waals surface area contributed by atoms with Crippen LogP contribution in [-0.2, 0) is 11.2 Å². The van der Waals surface area contributed by atoms with Crippen molar-refractivity contribution in [3.05, 3.63) is 33.8 Å². The molecule has 0 aliphatic carbocycles. The third-order valence-corrected chi connectivity index (χ3v) is 3.03. The normalized spacial score (nSPS) is 12.2. The van der Waals surface area contributed by atoms with Gasteiger partial charge < -0.3 is 11.1 Å². The summed E-state index contributed by atoms with van der Waals surface area (Å²) < 4.78 is 0. The molecule has 0 radical (unpaired) electrons. The van der Waals surface area contributed by atoms with Crippen molar-refractivity contribution in [1.29, 1.82) is 0 Å². The number of amides is 1. The molecule has 0 saturated carbocycles. The number of nitrogens with one attached hydrogen (secondary N) is 1. The van der Waals surface area contributed by atoms with Crippen LogP contribution in [0.1, 0.15) is 18.9 Å². The van der Waals surface area contributed by atoms with Crippen LogP contribution in [0.5, 0.6) is 0 Å². The van der Waals surface area contributed by atoms with Crippen molar-refractivity contribution in [1.82, 2.24) is 5.32 Å². The molecule has 0 heterocycles. The van der Waals surface area contributed by atoms with Gasteiger partial charge >= 0.3 is 0 Å². The predicted molar refractivity (Wildman–Crippen MR) is 71.4 cm³/mol. The smallest absolute Gasteiger partial charge is 0.224 e. The number of hydrogen-bond donors (Lipinski definition) is 2. The molecule has 1 rings (SSSR count). The summed E-state index contributed by atoms with van der Waals surface area (Å²) in [4.78, 5) is 11.6. The fourth-order valence-corrected chi connectivity index (χ4v) is 1.89. The first-order chi connectivity index (χ1) is 8.00. The van der Waals surface area contributed by atoms with Gasteiger partial charge in [-0.05, 0) is 31.0 Å². The average molecular weight is 275 g/mol. The Kier molecular flexibility index (Phi) is 5.75. The standard InChI is InChI=1S/C12H16Cl2N2O/c1-8(15)5-6-16-12(17)7-9-10(13)3-2-4-11(9)14/h2-4,8H,5-7,15H2,1H3,(H,16,17). The molecule has 0 bridgehead atoms. The van der Waals surface area contributed by atoms with E-state index in [4.69, 9.17) is 28.9 Å². The van der Waals surface area contributed by atoms with Crippen molar-refractivity contribution in [2.24, 2.45) is 5.73 Å². The van der Waals surface area contributed by atoms with Gasteiger partial charge in [-0.3, -0.25) is 4.79 Å². The number of nitrogens with two attached hydrogens (primary N) is 1. The van der Waals surface area contributed by atoms with Crippen molar-refractivity contribution < 1.29 is 4.79 Å². The highest BCUT2D eigenvalue weighted by Crippen LogP contribution is 2.24. The van der Waals surface area contributed by atoms with Gasteiger partial charge in [-0.1, -0.05) is 29.3 Å². The molecule has 0 aromatic heterocycles. The Bertz CT molecular complexity index is 374. The largest absolute Gasteiger partial charge is 0.356 e. The van der Waals surface area contributed by atoms with Crippen molar-refractivity contribution >= 4 is 29.1 Å². The van der Waals surface area contributed by atoms with E-state index in [-0.39, 0.29) is 18.4 Å². The summed E-state index contributed by atoms with van der Waals surface area (Å²) in [7, 11) is 0. The van der Waals surface area contributed by atoms with E-state index in [1.165, 1.54) is 0 Å². The molecular weight excluding hydrogens is 259 g/mol. The molecule has 94 valence electrons. The zero-order chi connectivity index (χ0) is 12.8. The second-order valence-electron chi connectivity index (χ2n) is 3.99. The van der Waals surface area contributed by atoms with E-state index < -0.39 is 0 Å². The zero-order valence-corrected chi connectivity index (χ0v) is 11.2. The van der Waals surface area contributed by atoms with Gasteiger partial charge in [0.1, 0.15) is 0 Å². The Labute approximate surface area is 111 Å². The van der Waals surface area contributed by atoms with E-state index in [2.05, 4.69) is 5.32 Å². The molecule has 1 unspecified atom stereocenters. The molecular formula is C12H16Cl2N2O. The molecule has 1 amide bonds. The summed E-state index contributed by atoms with van der Waals surface area (Å²) in [5, 5.41) is 3.81. The molecule has 3 N–H and O–H groups in total. The highest BCUT2D eigenvalue weighted by molar-refractivity contribution is 6.36. The molecule has 3 nitrogen and oxygen atoms in total. The molecule has 1 atom stereocenters. The van der Waals surface area contributed by atoms with Gasteiger partial charge in [0.25, 0.3) is 0 Å². The van der Waals surface area contributed by atoms with E-state index in [0.29, 0.717) is 22.2 Å². The van der Waals surface area contributed by atoms with Gasteiger partial charge in [0.2, 0.25) is 5.91 Å². The SMILES string of the molecule is CC(N)CCNC(=O)Cc1c(Cl)cccc1Cl. The second-order valence-corrected chi connectivity index (χ2v) is 4.81. The van der Waals surface area contributed by atoms with Crippen LogP contribution in [-0.4, -0.2) is 18.5 Å². The summed E-state index contributed by atoms with van der Waals surface area (Å²) in [5.74, 6) is -0.0966. The minimum absolute atomic E-state index is 0.0826. The third-order valence-electron chi connectivity index (χ3n) is 2.32. The molecule has 5 heteroatoms. The highest BCUT2D eigenvalue weighted by Gasteiger charge is 2.10. The summed E-state index contributed by atoms with van der Waals surface area (Å²) in [5.41, 5.74) is 6.25. The van der Waals surface area contributed by atoms with E-state index in [1.54, 1.807) is 18.2 Å². The molecule has 1 aromatic carbocycles. The second kappa shape index (κ2) is 6.84. The lowest BCUT2D eigenvalue weighted by atomic mass is 10.1. The van der Waals surface area contributed by atoms with Gasteiger partial charge in [-0.25, -0.2) is 0 Å². The quantitative estimate of drug-likeness (QED) is 0.866. The lowest BCUT2D eigenvalue weighted by Crippen LogP contribution is -2.30. The monoisotopic (exact) mass is 274 g/mol. The summed E-state index contributed by atoms with van der Waals surface area (Å²) in [6, 6.07) is 5.28. The molecule has 0 aliphatic rings. The Morgan fingerprint density at radius 2 is 2.00 bits per heavy atom. The zero-order valence-electron chi connectivity index (χ0n) is 9.67. The van der Waals surface area contributed by atoms with E-state index in [9.17, 15) is 4.79 Å². The van der Waals surface area contributed by atoms with Crippen LogP contribution >= 0.6 is 23.2 Å². The molecule has 0 spiro atoms. The molecule has 0 saturated heterocycles. The number of carbonyl (C=O) groups is 1. The van der Waals surface area contributed by atoms with Gasteiger partial charge in [0.05, 0.1) is 6.42 Å². The van der Waals surface area contributed by atoms with E-state index in [1.807, 2.05) is 6.92 Å². The first-order valence-electron chi connectivity index (χ1n) is 5.46. The Hall–Kier alpha value is -0.770. The molecule has 17 heavy (non-hydrogen) atoms. The molecule has 0 fully saturated rings. The summed E-state index contributed by atoms with van der Waals surface area (Å²) in [6.45, 7) is 2.47. The van der Waals surface area contributed by atoms with Gasteiger partial charge in [-0.2, -0.15) is 0 Å². The average Bonchev–Trinajstić information content (AvgIpc) is 2.23. The van der Waals surface area contributed by atoms with Crippen LogP contribution in [0.4, 0.5) is 0 Å². The predicted octanol–water partition coefficient (Wildman–Crippen LogP) is 2.39. The lowest BCUT2D eigenvalue weighted by molar-refractivity contribution is -0.120. The first kappa shape index (κ1) is 14.3. The van der Waals surface area contributed by atoms with Crippen LogP contribution in [0.3, 0.4) is 0 Å². The molecule has 1 aromatic rings. The third kappa shape index (κ3) is 4.94. The minimum Gasteiger partial charge on any atom is -0.356 e. The van der Waals surface area contributed by atoms with Crippen molar-refractivity contribution in [2.45, 2.75) is 25.8 Å². The minimum atomic E-state index is -0.0966. The number of hydrogen-bond acceptors (Lipinski definition) is 2. The van der Waals surface area contributed by atoms with Crippen molar-refractivity contribution in [3.63, 3.8) is 0 Å². The van der Waals surface area contributed by atoms with E-state index in [0.717, 1.165) is 6.42 Å². The van der Waals surface area contributed by atoms with Crippen LogP contribution in [0.25, 0.3) is 0 Å². The first-order valence-corrected chi connectivity index (χ1v) is 6.21. The van der Waals surface area contributed by atoms with Crippen LogP contribution < -0.4 is 11.1 Å². The highest BCUT2D eigenvalue weighted by atomic mass is 35.5. The maximum atomic E-state index is 11.6.